The highest BCUT2D eigenvalue weighted by Gasteiger charge is 2.35. The summed E-state index contributed by atoms with van der Waals surface area (Å²) in [7, 11) is -0.636. The number of likely N-dealkylation sites (N-methyl/N-ethyl adjacent to an activating group) is 1. The van der Waals surface area contributed by atoms with Gasteiger partial charge < -0.3 is 15.3 Å². The number of hydrogen-bond donors (Lipinski definition) is 2. The normalized spacial score (nSPS) is 14.8. The van der Waals surface area contributed by atoms with E-state index in [1.165, 1.54) is 4.90 Å². The molecule has 4 rings (SSSR count). The second-order valence-corrected chi connectivity index (χ2v) is 12.6. The first-order chi connectivity index (χ1) is 19.3. The molecule has 214 valence electrons. The van der Waals surface area contributed by atoms with Gasteiger partial charge in [0.2, 0.25) is 21.8 Å². The molecule has 1 heterocycles. The van der Waals surface area contributed by atoms with Gasteiger partial charge in [0.05, 0.1) is 23.3 Å². The van der Waals surface area contributed by atoms with Crippen LogP contribution in [-0.4, -0.2) is 68.8 Å². The number of benzene rings is 3. The molecule has 0 bridgehead atoms. The van der Waals surface area contributed by atoms with Crippen LogP contribution in [0.25, 0.3) is 0 Å². The summed E-state index contributed by atoms with van der Waals surface area (Å²) in [5.41, 5.74) is 4.21. The number of anilines is 2. The zero-order valence-electron chi connectivity index (χ0n) is 22.7. The standard InChI is InChI=1S/C29H29BrN4O6S/c1-33(2)25(35)17-34(41(3,39)40)22-12-10-21(11-13-22)31-28(19-7-4-18(5-8-19)6-15-26(36)37)27-23-14-9-20(30)16-24(23)32-29(27)38/h4-5,7-14,16,27H,6,15,17H2,1-3H3,(H,32,38)(H,36,37). The zero-order valence-corrected chi connectivity index (χ0v) is 25.1. The van der Waals surface area contributed by atoms with E-state index in [4.69, 9.17) is 10.1 Å². The van der Waals surface area contributed by atoms with E-state index < -0.39 is 21.9 Å². The van der Waals surface area contributed by atoms with Gasteiger partial charge in [0.15, 0.2) is 0 Å². The van der Waals surface area contributed by atoms with Crippen LogP contribution in [0, 0.1) is 0 Å². The van der Waals surface area contributed by atoms with E-state index in [9.17, 15) is 22.8 Å². The highest BCUT2D eigenvalue weighted by Crippen LogP contribution is 2.38. The second-order valence-electron chi connectivity index (χ2n) is 9.82. The highest BCUT2D eigenvalue weighted by atomic mass is 79.9. The van der Waals surface area contributed by atoms with Crippen LogP contribution < -0.4 is 9.62 Å². The van der Waals surface area contributed by atoms with Crippen LogP contribution in [-0.2, 0) is 30.8 Å². The summed E-state index contributed by atoms with van der Waals surface area (Å²) < 4.78 is 26.7. The predicted octanol–water partition coefficient (Wildman–Crippen LogP) is 4.18. The van der Waals surface area contributed by atoms with Crippen molar-refractivity contribution in [3.8, 4) is 0 Å². The van der Waals surface area contributed by atoms with Gasteiger partial charge in [-0.05, 0) is 59.5 Å². The number of fused-ring (bicyclic) bond motifs is 1. The fraction of sp³-hybridized carbons (Fsp3) is 0.241. The number of carboxylic acids is 1. The lowest BCUT2D eigenvalue weighted by Crippen LogP contribution is -2.39. The summed E-state index contributed by atoms with van der Waals surface area (Å²) in [5.74, 6) is -2.21. The molecule has 41 heavy (non-hydrogen) atoms. The Kier molecular flexibility index (Phi) is 8.93. The Morgan fingerprint density at radius 3 is 2.27 bits per heavy atom. The van der Waals surface area contributed by atoms with E-state index >= 15 is 0 Å². The Bertz CT molecular complexity index is 1620. The Hall–Kier alpha value is -4.03. The molecular formula is C29H29BrN4O6S. The maximum Gasteiger partial charge on any atom is 0.303 e. The van der Waals surface area contributed by atoms with Gasteiger partial charge in [-0.1, -0.05) is 46.3 Å². The van der Waals surface area contributed by atoms with Crippen LogP contribution >= 0.6 is 15.9 Å². The molecule has 0 saturated carbocycles. The van der Waals surface area contributed by atoms with Crippen LogP contribution in [0.3, 0.4) is 0 Å². The molecule has 1 aliphatic heterocycles. The van der Waals surface area contributed by atoms with E-state index in [0.29, 0.717) is 34.8 Å². The van der Waals surface area contributed by atoms with Gasteiger partial charge in [-0.15, -0.1) is 0 Å². The molecule has 0 aliphatic carbocycles. The molecule has 0 saturated heterocycles. The van der Waals surface area contributed by atoms with Gasteiger partial charge >= 0.3 is 5.97 Å². The van der Waals surface area contributed by atoms with Crippen molar-refractivity contribution in [2.45, 2.75) is 18.8 Å². The molecule has 1 unspecified atom stereocenters. The molecule has 0 fully saturated rings. The van der Waals surface area contributed by atoms with Crippen molar-refractivity contribution in [2.24, 2.45) is 4.99 Å². The van der Waals surface area contributed by atoms with Crippen LogP contribution in [0.5, 0.6) is 0 Å². The summed E-state index contributed by atoms with van der Waals surface area (Å²) in [6.45, 7) is -0.345. The molecule has 2 amide bonds. The fourth-order valence-corrected chi connectivity index (χ4v) is 5.60. The van der Waals surface area contributed by atoms with Gasteiger partial charge in [-0.25, -0.2) is 8.42 Å². The number of carbonyl (C=O) groups excluding carboxylic acids is 2. The SMILES string of the molecule is CN(C)C(=O)CN(c1ccc(N=C(c2ccc(CCC(=O)O)cc2)C2C(=O)Nc3cc(Br)ccc32)cc1)S(C)(=O)=O. The molecule has 3 aromatic carbocycles. The average molecular weight is 642 g/mol. The maximum atomic E-state index is 13.2. The third kappa shape index (κ3) is 7.19. The van der Waals surface area contributed by atoms with Gasteiger partial charge in [-0.3, -0.25) is 23.7 Å². The number of nitrogens with one attached hydrogen (secondary N) is 1. The van der Waals surface area contributed by atoms with Crippen LogP contribution in [0.15, 0.2) is 76.2 Å². The Balaban J connectivity index is 1.75. The largest absolute Gasteiger partial charge is 0.481 e. The minimum absolute atomic E-state index is 0.00453. The topological polar surface area (TPSA) is 136 Å². The van der Waals surface area contributed by atoms with Crippen molar-refractivity contribution in [3.63, 3.8) is 0 Å². The third-order valence-electron chi connectivity index (χ3n) is 6.56. The third-order valence-corrected chi connectivity index (χ3v) is 8.20. The number of halogens is 1. The lowest BCUT2D eigenvalue weighted by atomic mass is 9.90. The van der Waals surface area contributed by atoms with E-state index in [1.54, 1.807) is 38.4 Å². The number of carbonyl (C=O) groups is 3. The number of amides is 2. The zero-order chi connectivity index (χ0) is 29.9. The summed E-state index contributed by atoms with van der Waals surface area (Å²) in [6, 6.07) is 19.2. The smallest absolute Gasteiger partial charge is 0.303 e. The monoisotopic (exact) mass is 640 g/mol. The van der Waals surface area contributed by atoms with E-state index in [-0.39, 0.29) is 24.8 Å². The second kappa shape index (κ2) is 12.2. The van der Waals surface area contributed by atoms with Crippen molar-refractivity contribution in [2.75, 3.05) is 36.5 Å². The molecule has 12 heteroatoms. The number of nitrogens with zero attached hydrogens (tertiary/aromatic N) is 3. The number of aliphatic carboxylic acids is 1. The van der Waals surface area contributed by atoms with Crippen molar-refractivity contribution < 1.29 is 27.9 Å². The van der Waals surface area contributed by atoms with Crippen molar-refractivity contribution >= 4 is 66.5 Å². The molecule has 0 aromatic heterocycles. The van der Waals surface area contributed by atoms with E-state index in [0.717, 1.165) is 26.2 Å². The quantitative estimate of drug-likeness (QED) is 0.319. The molecule has 1 atom stereocenters. The summed E-state index contributed by atoms with van der Waals surface area (Å²) >= 11 is 3.43. The molecule has 2 N–H and O–H groups in total. The van der Waals surface area contributed by atoms with Crippen molar-refractivity contribution in [3.05, 3.63) is 87.9 Å². The number of rotatable bonds is 10. The van der Waals surface area contributed by atoms with E-state index in [1.807, 2.05) is 42.5 Å². The molecule has 3 aromatic rings. The van der Waals surface area contributed by atoms with Gasteiger partial charge in [-0.2, -0.15) is 0 Å². The van der Waals surface area contributed by atoms with Gasteiger partial charge in [0, 0.05) is 30.7 Å². The lowest BCUT2D eigenvalue weighted by molar-refractivity contribution is -0.137. The average Bonchev–Trinajstić information content (AvgIpc) is 3.23. The van der Waals surface area contributed by atoms with Crippen LogP contribution in [0.2, 0.25) is 0 Å². The summed E-state index contributed by atoms with van der Waals surface area (Å²) in [4.78, 5) is 42.6. The minimum Gasteiger partial charge on any atom is -0.481 e. The molecule has 1 aliphatic rings. The van der Waals surface area contributed by atoms with Gasteiger partial charge in [0.1, 0.15) is 12.5 Å². The summed E-state index contributed by atoms with van der Waals surface area (Å²) in [6.07, 6.45) is 1.41. The lowest BCUT2D eigenvalue weighted by Gasteiger charge is -2.23. The van der Waals surface area contributed by atoms with Crippen LogP contribution in [0.4, 0.5) is 17.1 Å². The van der Waals surface area contributed by atoms with Crippen molar-refractivity contribution in [1.82, 2.24) is 4.90 Å². The van der Waals surface area contributed by atoms with E-state index in [2.05, 4.69) is 21.2 Å². The number of sulfonamides is 1. The molecule has 0 spiro atoms. The number of aryl methyl sites for hydroxylation is 1. The molecule has 10 nitrogen and oxygen atoms in total. The number of carboxylic acid groups (broad SMARTS) is 1. The minimum atomic E-state index is -3.74. The number of aliphatic imine (C=N–C) groups is 1. The number of hydrogen-bond acceptors (Lipinski definition) is 6. The van der Waals surface area contributed by atoms with Crippen LogP contribution in [0.1, 0.15) is 29.0 Å². The first-order valence-electron chi connectivity index (χ1n) is 12.6. The van der Waals surface area contributed by atoms with Gasteiger partial charge in [0.25, 0.3) is 0 Å². The first kappa shape index (κ1) is 29.9. The Labute approximate surface area is 246 Å². The predicted molar refractivity (Wildman–Crippen MR) is 161 cm³/mol. The highest BCUT2D eigenvalue weighted by molar-refractivity contribution is 9.10. The first-order valence-corrected chi connectivity index (χ1v) is 15.3. The molecule has 0 radical (unpaired) electrons. The fourth-order valence-electron chi connectivity index (χ4n) is 4.39. The summed E-state index contributed by atoms with van der Waals surface area (Å²) in [5, 5.41) is 11.9. The van der Waals surface area contributed by atoms with Crippen molar-refractivity contribution in [1.29, 1.82) is 0 Å². The molecular weight excluding hydrogens is 612 g/mol. The maximum absolute atomic E-state index is 13.2. The Morgan fingerprint density at radius 1 is 1.02 bits per heavy atom. The Morgan fingerprint density at radius 2 is 1.68 bits per heavy atom.